The molecule has 0 atom stereocenters. The minimum atomic E-state index is -0.165. The van der Waals surface area contributed by atoms with Gasteiger partial charge in [0.15, 0.2) is 5.78 Å². The highest BCUT2D eigenvalue weighted by Crippen LogP contribution is 2.10. The molecule has 5 nitrogen and oxygen atoms in total. The fourth-order valence-corrected chi connectivity index (χ4v) is 2.58. The van der Waals surface area contributed by atoms with E-state index in [-0.39, 0.29) is 37.2 Å². The van der Waals surface area contributed by atoms with E-state index < -0.39 is 0 Å². The van der Waals surface area contributed by atoms with Crippen LogP contribution in [0.25, 0.3) is 0 Å². The predicted octanol–water partition coefficient (Wildman–Crippen LogP) is 1.55. The van der Waals surface area contributed by atoms with Crippen molar-refractivity contribution in [3.05, 3.63) is 33.4 Å². The molecule has 112 valence electrons. The van der Waals surface area contributed by atoms with Crippen molar-refractivity contribution in [2.45, 2.75) is 13.3 Å². The fourth-order valence-electron chi connectivity index (χ4n) is 2.22. The van der Waals surface area contributed by atoms with Crippen molar-refractivity contribution in [2.24, 2.45) is 0 Å². The maximum Gasteiger partial charge on any atom is 0.243 e. The van der Waals surface area contributed by atoms with Crippen LogP contribution in [0.5, 0.6) is 0 Å². The lowest BCUT2D eigenvalue weighted by Crippen LogP contribution is -2.54. The molecule has 0 unspecified atom stereocenters. The Bertz CT molecular complexity index is 557. The van der Waals surface area contributed by atoms with E-state index in [9.17, 15) is 14.4 Å². The number of halogens is 1. The quantitative estimate of drug-likeness (QED) is 0.557. The van der Waals surface area contributed by atoms with Gasteiger partial charge in [-0.15, -0.1) is 0 Å². The van der Waals surface area contributed by atoms with E-state index in [1.54, 1.807) is 17.0 Å². The Kier molecular flexibility index (Phi) is 5.33. The average Bonchev–Trinajstić information content (AvgIpc) is 2.45. The van der Waals surface area contributed by atoms with E-state index in [4.69, 9.17) is 0 Å². The van der Waals surface area contributed by atoms with Crippen LogP contribution in [0.2, 0.25) is 0 Å². The molecule has 2 rings (SSSR count). The number of amides is 2. The number of nitrogens with zero attached hydrogens (tertiary/aromatic N) is 2. The SMILES string of the molecule is CCCN1CC(=O)N(CC(=O)c2ccc(I)cc2)CC1=O. The van der Waals surface area contributed by atoms with E-state index >= 15 is 0 Å². The molecule has 1 aromatic carbocycles. The Labute approximate surface area is 137 Å². The lowest BCUT2D eigenvalue weighted by molar-refractivity contribution is -0.149. The van der Waals surface area contributed by atoms with Crippen LogP contribution in [0.3, 0.4) is 0 Å². The Morgan fingerprint density at radius 2 is 1.67 bits per heavy atom. The van der Waals surface area contributed by atoms with Gasteiger partial charge >= 0.3 is 0 Å². The van der Waals surface area contributed by atoms with Gasteiger partial charge in [-0.1, -0.05) is 19.1 Å². The van der Waals surface area contributed by atoms with Crippen LogP contribution in [0.4, 0.5) is 0 Å². The third kappa shape index (κ3) is 4.03. The number of piperazine rings is 1. The molecular formula is C15H17IN2O3. The van der Waals surface area contributed by atoms with Crippen LogP contribution >= 0.6 is 22.6 Å². The number of hydrogen-bond donors (Lipinski definition) is 0. The highest BCUT2D eigenvalue weighted by Gasteiger charge is 2.30. The number of ketones is 1. The van der Waals surface area contributed by atoms with Gasteiger partial charge < -0.3 is 9.80 Å². The zero-order valence-corrected chi connectivity index (χ0v) is 14.0. The fraction of sp³-hybridized carbons (Fsp3) is 0.400. The number of hydrogen-bond acceptors (Lipinski definition) is 3. The molecule has 1 heterocycles. The van der Waals surface area contributed by atoms with E-state index in [0.29, 0.717) is 12.1 Å². The molecule has 0 N–H and O–H groups in total. The van der Waals surface area contributed by atoms with Gasteiger partial charge in [-0.05, 0) is 41.1 Å². The average molecular weight is 400 g/mol. The van der Waals surface area contributed by atoms with Gasteiger partial charge in [0.1, 0.15) is 6.54 Å². The highest BCUT2D eigenvalue weighted by molar-refractivity contribution is 14.1. The standard InChI is InChI=1S/C15H17IN2O3/c1-2-7-17-9-15(21)18(10-14(17)20)8-13(19)11-3-5-12(16)6-4-11/h3-6H,2,7-10H2,1H3. The number of rotatable bonds is 5. The Morgan fingerprint density at radius 1 is 1.10 bits per heavy atom. The van der Waals surface area contributed by atoms with Crippen LogP contribution in [0.15, 0.2) is 24.3 Å². The molecule has 0 aliphatic carbocycles. The Hall–Kier alpha value is -1.44. The topological polar surface area (TPSA) is 57.7 Å². The van der Waals surface area contributed by atoms with Crippen LogP contribution in [-0.2, 0) is 9.59 Å². The molecular weight excluding hydrogens is 383 g/mol. The maximum atomic E-state index is 12.2. The summed E-state index contributed by atoms with van der Waals surface area (Å²) in [5.74, 6) is -0.398. The van der Waals surface area contributed by atoms with E-state index in [1.165, 1.54) is 4.90 Å². The maximum absolute atomic E-state index is 12.2. The van der Waals surface area contributed by atoms with Crippen LogP contribution < -0.4 is 0 Å². The van der Waals surface area contributed by atoms with Crippen molar-refractivity contribution in [3.8, 4) is 0 Å². The molecule has 1 aliphatic rings. The van der Waals surface area contributed by atoms with Crippen molar-refractivity contribution in [1.82, 2.24) is 9.80 Å². The second kappa shape index (κ2) is 7.02. The molecule has 0 spiro atoms. The zero-order chi connectivity index (χ0) is 15.4. The summed E-state index contributed by atoms with van der Waals surface area (Å²) in [6.07, 6.45) is 0.820. The van der Waals surface area contributed by atoms with Gasteiger partial charge in [-0.25, -0.2) is 0 Å². The molecule has 2 amide bonds. The summed E-state index contributed by atoms with van der Waals surface area (Å²) >= 11 is 2.17. The lowest BCUT2D eigenvalue weighted by atomic mass is 10.1. The summed E-state index contributed by atoms with van der Waals surface area (Å²) in [4.78, 5) is 39.0. The molecule has 1 fully saturated rings. The second-order valence-corrected chi connectivity index (χ2v) is 6.24. The monoisotopic (exact) mass is 400 g/mol. The largest absolute Gasteiger partial charge is 0.332 e. The molecule has 1 saturated heterocycles. The zero-order valence-electron chi connectivity index (χ0n) is 11.8. The van der Waals surface area contributed by atoms with Gasteiger partial charge in [0.2, 0.25) is 11.8 Å². The van der Waals surface area contributed by atoms with Crippen molar-refractivity contribution in [3.63, 3.8) is 0 Å². The second-order valence-electron chi connectivity index (χ2n) is 5.00. The number of carbonyl (C=O) groups is 3. The Morgan fingerprint density at radius 3 is 2.29 bits per heavy atom. The predicted molar refractivity (Wildman–Crippen MR) is 86.9 cm³/mol. The Balaban J connectivity index is 2.00. The van der Waals surface area contributed by atoms with Crippen LogP contribution in [-0.4, -0.2) is 53.6 Å². The minimum Gasteiger partial charge on any atom is -0.332 e. The van der Waals surface area contributed by atoms with E-state index in [0.717, 1.165) is 9.99 Å². The van der Waals surface area contributed by atoms with Crippen molar-refractivity contribution in [2.75, 3.05) is 26.2 Å². The lowest BCUT2D eigenvalue weighted by Gasteiger charge is -2.33. The molecule has 0 radical (unpaired) electrons. The third-order valence-corrected chi connectivity index (χ3v) is 4.07. The first-order valence-corrected chi connectivity index (χ1v) is 7.93. The first-order valence-electron chi connectivity index (χ1n) is 6.85. The summed E-state index contributed by atoms with van der Waals surface area (Å²) in [7, 11) is 0. The minimum absolute atomic E-state index is 0.00502. The molecule has 0 saturated carbocycles. The molecule has 1 aliphatic heterocycles. The summed E-state index contributed by atoms with van der Waals surface area (Å²) in [5.41, 5.74) is 0.562. The summed E-state index contributed by atoms with van der Waals surface area (Å²) in [5, 5.41) is 0. The molecule has 6 heteroatoms. The summed E-state index contributed by atoms with van der Waals surface area (Å²) in [6, 6.07) is 7.17. The summed E-state index contributed by atoms with van der Waals surface area (Å²) < 4.78 is 1.04. The number of carbonyl (C=O) groups excluding carboxylic acids is 3. The van der Waals surface area contributed by atoms with Crippen molar-refractivity contribution >= 4 is 40.2 Å². The van der Waals surface area contributed by atoms with Gasteiger partial charge in [0.25, 0.3) is 0 Å². The first kappa shape index (κ1) is 15.9. The molecule has 0 bridgehead atoms. The van der Waals surface area contributed by atoms with Crippen LogP contribution in [0.1, 0.15) is 23.7 Å². The van der Waals surface area contributed by atoms with Gasteiger partial charge in [-0.3, -0.25) is 14.4 Å². The molecule has 21 heavy (non-hydrogen) atoms. The highest BCUT2D eigenvalue weighted by atomic mass is 127. The molecule has 1 aromatic rings. The van der Waals surface area contributed by atoms with E-state index in [2.05, 4.69) is 22.6 Å². The normalized spacial score (nSPS) is 15.5. The summed E-state index contributed by atoms with van der Waals surface area (Å²) in [6.45, 7) is 2.58. The van der Waals surface area contributed by atoms with Crippen LogP contribution in [0, 0.1) is 3.57 Å². The number of Topliss-reactive ketones (excluding diaryl/α,β-unsaturated/α-hetero) is 1. The van der Waals surface area contributed by atoms with E-state index in [1.807, 2.05) is 19.1 Å². The van der Waals surface area contributed by atoms with Gasteiger partial charge in [0, 0.05) is 15.7 Å². The smallest absolute Gasteiger partial charge is 0.243 e. The van der Waals surface area contributed by atoms with Crippen molar-refractivity contribution < 1.29 is 14.4 Å². The number of benzene rings is 1. The van der Waals surface area contributed by atoms with Gasteiger partial charge in [-0.2, -0.15) is 0 Å². The third-order valence-electron chi connectivity index (χ3n) is 3.35. The molecule has 0 aromatic heterocycles. The first-order chi connectivity index (χ1) is 10.0. The van der Waals surface area contributed by atoms with Gasteiger partial charge in [0.05, 0.1) is 13.1 Å². The van der Waals surface area contributed by atoms with Crippen molar-refractivity contribution in [1.29, 1.82) is 0 Å².